The summed E-state index contributed by atoms with van der Waals surface area (Å²) < 4.78 is 22.9. The molecule has 0 spiro atoms. The average Bonchev–Trinajstić information content (AvgIpc) is 2.32. The summed E-state index contributed by atoms with van der Waals surface area (Å²) >= 11 is 3.47. The van der Waals surface area contributed by atoms with Crippen molar-refractivity contribution < 1.29 is 4.11 Å². The van der Waals surface area contributed by atoms with Crippen molar-refractivity contribution in [3.63, 3.8) is 0 Å². The van der Waals surface area contributed by atoms with Crippen LogP contribution in [-0.2, 0) is 0 Å². The van der Waals surface area contributed by atoms with Crippen molar-refractivity contribution in [2.24, 2.45) is 0 Å². The maximum atomic E-state index is 7.30. The van der Waals surface area contributed by atoms with Crippen LogP contribution in [0.2, 0.25) is 0 Å². The van der Waals surface area contributed by atoms with Gasteiger partial charge in [-0.2, -0.15) is 0 Å². The zero-order chi connectivity index (χ0) is 13.3. The van der Waals surface area contributed by atoms with Crippen LogP contribution in [0.25, 0.3) is 11.3 Å². The third kappa shape index (κ3) is 2.26. The van der Waals surface area contributed by atoms with E-state index in [1.807, 2.05) is 25.1 Å². The number of halogens is 1. The molecule has 0 bridgehead atoms. The molecule has 0 aliphatic heterocycles. The SMILES string of the molecule is [2H]C([2H])([2H])c1ccc(-c2ccc(C)c(Br)c2)nc1. The molecule has 1 aromatic carbocycles. The molecule has 1 heterocycles. The molecular formula is C13H12BrN. The lowest BCUT2D eigenvalue weighted by Crippen LogP contribution is -1.85. The van der Waals surface area contributed by atoms with Gasteiger partial charge in [-0.3, -0.25) is 4.98 Å². The van der Waals surface area contributed by atoms with Crippen LogP contribution in [0.4, 0.5) is 0 Å². The molecule has 0 fully saturated rings. The predicted molar refractivity (Wildman–Crippen MR) is 66.8 cm³/mol. The van der Waals surface area contributed by atoms with Crippen molar-refractivity contribution in [1.82, 2.24) is 4.98 Å². The molecule has 2 heteroatoms. The lowest BCUT2D eigenvalue weighted by Gasteiger charge is -2.03. The molecule has 0 saturated carbocycles. The molecule has 15 heavy (non-hydrogen) atoms. The van der Waals surface area contributed by atoms with Gasteiger partial charge in [0.05, 0.1) is 5.69 Å². The third-order valence-electron chi connectivity index (χ3n) is 2.23. The standard InChI is InChI=1S/C13H12BrN/c1-9-3-6-13(15-8-9)11-5-4-10(2)12(14)7-11/h3-8H,1-2H3/i1D3. The Morgan fingerprint density at radius 2 is 2.13 bits per heavy atom. The second kappa shape index (κ2) is 4.15. The second-order valence-electron chi connectivity index (χ2n) is 3.40. The van der Waals surface area contributed by atoms with Gasteiger partial charge in [0, 0.05) is 20.3 Å². The molecule has 0 radical (unpaired) electrons. The van der Waals surface area contributed by atoms with E-state index in [0.717, 1.165) is 21.3 Å². The topological polar surface area (TPSA) is 12.9 Å². The molecule has 1 nitrogen and oxygen atoms in total. The van der Waals surface area contributed by atoms with Gasteiger partial charge in [0.1, 0.15) is 0 Å². The second-order valence-corrected chi connectivity index (χ2v) is 4.25. The highest BCUT2D eigenvalue weighted by Gasteiger charge is 2.01. The fraction of sp³-hybridized carbons (Fsp3) is 0.154. The number of rotatable bonds is 1. The first-order valence-corrected chi connectivity index (χ1v) is 5.40. The lowest BCUT2D eigenvalue weighted by atomic mass is 10.1. The van der Waals surface area contributed by atoms with Gasteiger partial charge in [0.25, 0.3) is 0 Å². The molecule has 2 rings (SSSR count). The number of pyridine rings is 1. The van der Waals surface area contributed by atoms with Gasteiger partial charge in [-0.25, -0.2) is 0 Å². The fourth-order valence-corrected chi connectivity index (χ4v) is 1.70. The number of hydrogen-bond donors (Lipinski definition) is 0. The molecule has 2 aromatic rings. The molecule has 0 amide bonds. The van der Waals surface area contributed by atoms with Crippen LogP contribution < -0.4 is 0 Å². The first-order chi connectivity index (χ1) is 8.38. The molecule has 0 aliphatic carbocycles. The Bertz CT molecular complexity index is 561. The largest absolute Gasteiger partial charge is 0.256 e. The van der Waals surface area contributed by atoms with E-state index in [1.54, 1.807) is 12.1 Å². The van der Waals surface area contributed by atoms with Crippen LogP contribution >= 0.6 is 15.9 Å². The summed E-state index contributed by atoms with van der Waals surface area (Å²) in [5, 5.41) is 0. The summed E-state index contributed by atoms with van der Waals surface area (Å²) in [6, 6.07) is 9.28. The van der Waals surface area contributed by atoms with Crippen LogP contribution in [0.1, 0.15) is 15.2 Å². The van der Waals surface area contributed by atoms with Crippen molar-refractivity contribution in [3.05, 3.63) is 52.1 Å². The lowest BCUT2D eigenvalue weighted by molar-refractivity contribution is 1.27. The van der Waals surface area contributed by atoms with Crippen LogP contribution in [0.5, 0.6) is 0 Å². The Hall–Kier alpha value is -1.15. The number of aromatic nitrogens is 1. The number of nitrogens with zero attached hydrogens (tertiary/aromatic N) is 1. The summed E-state index contributed by atoms with van der Waals surface area (Å²) in [4.78, 5) is 4.21. The first-order valence-electron chi connectivity index (χ1n) is 6.11. The van der Waals surface area contributed by atoms with Crippen LogP contribution in [0.3, 0.4) is 0 Å². The Balaban J connectivity index is 2.37. The predicted octanol–water partition coefficient (Wildman–Crippen LogP) is 4.13. The minimum atomic E-state index is -2.10. The molecule has 76 valence electrons. The molecule has 1 aromatic heterocycles. The van der Waals surface area contributed by atoms with E-state index in [9.17, 15) is 0 Å². The van der Waals surface area contributed by atoms with E-state index >= 15 is 0 Å². The van der Waals surface area contributed by atoms with Gasteiger partial charge in [0.2, 0.25) is 0 Å². The first kappa shape index (κ1) is 7.18. The maximum absolute atomic E-state index is 7.30. The van der Waals surface area contributed by atoms with Gasteiger partial charge in [-0.1, -0.05) is 34.1 Å². The molecule has 0 saturated heterocycles. The van der Waals surface area contributed by atoms with E-state index < -0.39 is 6.85 Å². The molecule has 0 atom stereocenters. The van der Waals surface area contributed by atoms with Crippen molar-refractivity contribution in [2.75, 3.05) is 0 Å². The molecule has 0 aliphatic rings. The van der Waals surface area contributed by atoms with Crippen molar-refractivity contribution in [3.8, 4) is 11.3 Å². The number of aryl methyl sites for hydroxylation is 2. The van der Waals surface area contributed by atoms with Crippen molar-refractivity contribution >= 4 is 15.9 Å². The molecule has 0 unspecified atom stereocenters. The summed E-state index contributed by atoms with van der Waals surface area (Å²) in [5.74, 6) is 0. The number of hydrogen-bond acceptors (Lipinski definition) is 1. The van der Waals surface area contributed by atoms with Gasteiger partial charge >= 0.3 is 0 Å². The van der Waals surface area contributed by atoms with Gasteiger partial charge < -0.3 is 0 Å². The monoisotopic (exact) mass is 264 g/mol. The summed E-state index contributed by atoms with van der Waals surface area (Å²) in [7, 11) is 0. The van der Waals surface area contributed by atoms with Gasteiger partial charge in [-0.15, -0.1) is 0 Å². The normalized spacial score (nSPS) is 14.1. The summed E-state index contributed by atoms with van der Waals surface area (Å²) in [6.07, 6.45) is 1.41. The Morgan fingerprint density at radius 1 is 1.27 bits per heavy atom. The van der Waals surface area contributed by atoms with Crippen LogP contribution in [-0.4, -0.2) is 4.98 Å². The van der Waals surface area contributed by atoms with Gasteiger partial charge in [0.15, 0.2) is 0 Å². The van der Waals surface area contributed by atoms with Crippen molar-refractivity contribution in [1.29, 1.82) is 0 Å². The average molecular weight is 265 g/mol. The maximum Gasteiger partial charge on any atom is 0.0702 e. The highest BCUT2D eigenvalue weighted by atomic mass is 79.9. The van der Waals surface area contributed by atoms with Crippen LogP contribution in [0, 0.1) is 13.8 Å². The third-order valence-corrected chi connectivity index (χ3v) is 3.09. The zero-order valence-corrected chi connectivity index (χ0v) is 9.88. The van der Waals surface area contributed by atoms with E-state index in [-0.39, 0.29) is 5.56 Å². The Morgan fingerprint density at radius 3 is 2.73 bits per heavy atom. The van der Waals surface area contributed by atoms with E-state index in [2.05, 4.69) is 20.9 Å². The molecule has 0 N–H and O–H groups in total. The fourth-order valence-electron chi connectivity index (χ4n) is 1.32. The zero-order valence-electron chi connectivity index (χ0n) is 11.3. The van der Waals surface area contributed by atoms with E-state index in [1.165, 1.54) is 6.20 Å². The highest BCUT2D eigenvalue weighted by molar-refractivity contribution is 9.10. The van der Waals surface area contributed by atoms with Gasteiger partial charge in [-0.05, 0) is 37.0 Å². The van der Waals surface area contributed by atoms with Crippen molar-refractivity contribution in [2.45, 2.75) is 13.8 Å². The minimum absolute atomic E-state index is 0.262. The Kier molecular flexibility index (Phi) is 1.99. The molecular weight excluding hydrogens is 250 g/mol. The highest BCUT2D eigenvalue weighted by Crippen LogP contribution is 2.24. The van der Waals surface area contributed by atoms with E-state index in [4.69, 9.17) is 4.11 Å². The quantitative estimate of drug-likeness (QED) is 0.755. The minimum Gasteiger partial charge on any atom is -0.256 e. The number of benzene rings is 1. The summed E-state index contributed by atoms with van der Waals surface area (Å²) in [5.41, 5.74) is 3.14. The summed E-state index contributed by atoms with van der Waals surface area (Å²) in [6.45, 7) is -0.0849. The smallest absolute Gasteiger partial charge is 0.0702 e. The Labute approximate surface area is 103 Å². The van der Waals surface area contributed by atoms with Crippen LogP contribution in [0.15, 0.2) is 41.0 Å². The van der Waals surface area contributed by atoms with E-state index in [0.29, 0.717) is 0 Å².